The zero-order valence-corrected chi connectivity index (χ0v) is 20.3. The van der Waals surface area contributed by atoms with Crippen molar-refractivity contribution >= 4 is 22.3 Å². The van der Waals surface area contributed by atoms with Crippen LogP contribution in [0.3, 0.4) is 0 Å². The molecule has 4 aliphatic rings. The highest BCUT2D eigenvalue weighted by Crippen LogP contribution is 2.67. The SMILES string of the molecule is C[C@]12CCc3nc(NCCc4ccccc4)sc3C1CC[C@@H]1[C@@H]2CC[C@]2(C)C(=O)CC[C@@H]12. The molecule has 170 valence electrons. The average molecular weight is 449 g/mol. The number of hydrogen-bond acceptors (Lipinski definition) is 4. The number of Topliss-reactive ketones (excluding diaryl/α,β-unsaturated/α-hetero) is 1. The van der Waals surface area contributed by atoms with Gasteiger partial charge >= 0.3 is 0 Å². The van der Waals surface area contributed by atoms with Gasteiger partial charge in [-0.1, -0.05) is 44.2 Å². The molecule has 4 aliphatic carbocycles. The lowest BCUT2D eigenvalue weighted by Gasteiger charge is -2.59. The number of aryl methyl sites for hydroxylation is 1. The van der Waals surface area contributed by atoms with Crippen LogP contribution in [0.25, 0.3) is 0 Å². The number of carbonyl (C=O) groups is 1. The Balaban J connectivity index is 1.20. The summed E-state index contributed by atoms with van der Waals surface area (Å²) in [5.41, 5.74) is 3.12. The number of ketones is 1. The van der Waals surface area contributed by atoms with Crippen LogP contribution in [0.4, 0.5) is 5.13 Å². The van der Waals surface area contributed by atoms with E-state index in [2.05, 4.69) is 49.5 Å². The summed E-state index contributed by atoms with van der Waals surface area (Å²) in [6, 6.07) is 10.7. The minimum atomic E-state index is -0.00940. The van der Waals surface area contributed by atoms with Crippen molar-refractivity contribution in [3.63, 3.8) is 0 Å². The van der Waals surface area contributed by atoms with Gasteiger partial charge in [0.15, 0.2) is 5.13 Å². The molecule has 1 unspecified atom stereocenters. The lowest BCUT2D eigenvalue weighted by molar-refractivity contribution is -0.134. The van der Waals surface area contributed by atoms with Crippen LogP contribution in [0.5, 0.6) is 0 Å². The first-order chi connectivity index (χ1) is 15.5. The second-order valence-electron chi connectivity index (χ2n) is 11.4. The highest BCUT2D eigenvalue weighted by atomic mass is 32.1. The Hall–Kier alpha value is -1.68. The first-order valence-electron chi connectivity index (χ1n) is 12.8. The van der Waals surface area contributed by atoms with Gasteiger partial charge in [0.25, 0.3) is 0 Å². The minimum Gasteiger partial charge on any atom is -0.361 e. The fourth-order valence-electron chi connectivity index (χ4n) is 8.25. The lowest BCUT2D eigenvalue weighted by Crippen LogP contribution is -2.52. The van der Waals surface area contributed by atoms with Crippen LogP contribution in [-0.2, 0) is 17.6 Å². The number of carbonyl (C=O) groups excluding carboxylic acids is 1. The molecule has 4 heteroatoms. The third kappa shape index (κ3) is 3.12. The van der Waals surface area contributed by atoms with Gasteiger partial charge < -0.3 is 5.32 Å². The summed E-state index contributed by atoms with van der Waals surface area (Å²) in [5, 5.41) is 4.74. The number of thiazole rings is 1. The van der Waals surface area contributed by atoms with Gasteiger partial charge in [0.05, 0.1) is 5.69 Å². The number of nitrogens with zero attached hydrogens (tertiary/aromatic N) is 1. The van der Waals surface area contributed by atoms with Gasteiger partial charge in [-0.3, -0.25) is 4.79 Å². The summed E-state index contributed by atoms with van der Waals surface area (Å²) in [7, 11) is 0. The fourth-order valence-corrected chi connectivity index (χ4v) is 9.59. The molecule has 1 aromatic carbocycles. The minimum absolute atomic E-state index is 0.00940. The van der Waals surface area contributed by atoms with Gasteiger partial charge in [0.2, 0.25) is 0 Å². The summed E-state index contributed by atoms with van der Waals surface area (Å²) in [5.74, 6) is 3.42. The Bertz CT molecular complexity index is 1020. The number of rotatable bonds is 4. The van der Waals surface area contributed by atoms with Crippen molar-refractivity contribution in [2.45, 2.75) is 77.6 Å². The predicted molar refractivity (Wildman–Crippen MR) is 131 cm³/mol. The van der Waals surface area contributed by atoms with Gasteiger partial charge in [-0.25, -0.2) is 4.98 Å². The van der Waals surface area contributed by atoms with Crippen LogP contribution in [0, 0.1) is 28.6 Å². The predicted octanol–water partition coefficient (Wildman–Crippen LogP) is 6.64. The summed E-state index contributed by atoms with van der Waals surface area (Å²) < 4.78 is 0. The number of aromatic nitrogens is 1. The van der Waals surface area contributed by atoms with Crippen LogP contribution >= 0.6 is 11.3 Å². The van der Waals surface area contributed by atoms with E-state index < -0.39 is 0 Å². The molecule has 3 saturated carbocycles. The molecule has 3 nitrogen and oxygen atoms in total. The second kappa shape index (κ2) is 7.68. The Kier molecular flexibility index (Phi) is 5.02. The number of fused-ring (bicyclic) bond motifs is 7. The van der Waals surface area contributed by atoms with Gasteiger partial charge in [-0.15, -0.1) is 11.3 Å². The monoisotopic (exact) mass is 448 g/mol. The number of anilines is 1. The molecule has 0 saturated heterocycles. The molecule has 6 rings (SSSR count). The van der Waals surface area contributed by atoms with Crippen molar-refractivity contribution in [1.82, 2.24) is 4.98 Å². The van der Waals surface area contributed by atoms with Gasteiger partial charge in [-0.05, 0) is 80.1 Å². The molecule has 0 bridgehead atoms. The highest BCUT2D eigenvalue weighted by molar-refractivity contribution is 7.15. The quantitative estimate of drug-likeness (QED) is 0.570. The maximum Gasteiger partial charge on any atom is 0.183 e. The van der Waals surface area contributed by atoms with E-state index in [4.69, 9.17) is 4.98 Å². The van der Waals surface area contributed by atoms with E-state index in [1.54, 1.807) is 4.88 Å². The maximum absolute atomic E-state index is 12.7. The van der Waals surface area contributed by atoms with Gasteiger partial charge in [0, 0.05) is 29.2 Å². The molecule has 0 spiro atoms. The molecule has 0 radical (unpaired) electrons. The standard InChI is InChI=1S/C28H36N2OS/c1-27-16-13-23-25(32-26(30-23)29-17-14-18-6-4-3-5-7-18)22(27)9-8-19-20-10-11-24(31)28(20,2)15-12-21(19)27/h3-7,19-22H,8-17H2,1-2H3,(H,29,30)/t19-,20-,21-,22?,27+,28-/m0/s1. The molecule has 1 heterocycles. The van der Waals surface area contributed by atoms with E-state index in [0.717, 1.165) is 55.6 Å². The van der Waals surface area contributed by atoms with Crippen molar-refractivity contribution in [2.75, 3.05) is 11.9 Å². The van der Waals surface area contributed by atoms with Crippen LogP contribution in [0.15, 0.2) is 30.3 Å². The van der Waals surface area contributed by atoms with E-state index in [9.17, 15) is 4.79 Å². The third-order valence-electron chi connectivity index (χ3n) is 10.1. The topological polar surface area (TPSA) is 42.0 Å². The molecule has 0 aliphatic heterocycles. The number of hydrogen-bond donors (Lipinski definition) is 1. The first-order valence-corrected chi connectivity index (χ1v) is 13.6. The summed E-state index contributed by atoms with van der Waals surface area (Å²) >= 11 is 1.94. The van der Waals surface area contributed by atoms with Crippen molar-refractivity contribution in [3.05, 3.63) is 46.5 Å². The number of nitrogens with one attached hydrogen (secondary N) is 1. The van der Waals surface area contributed by atoms with Crippen LogP contribution in [0.2, 0.25) is 0 Å². The van der Waals surface area contributed by atoms with E-state index in [1.807, 2.05) is 11.3 Å². The van der Waals surface area contributed by atoms with E-state index in [0.29, 0.717) is 23.0 Å². The first kappa shape index (κ1) is 20.9. The molecule has 6 atom stereocenters. The van der Waals surface area contributed by atoms with E-state index in [-0.39, 0.29) is 5.41 Å². The smallest absolute Gasteiger partial charge is 0.183 e. The lowest BCUT2D eigenvalue weighted by atomic mass is 9.46. The van der Waals surface area contributed by atoms with Gasteiger partial charge in [-0.2, -0.15) is 0 Å². The number of benzene rings is 1. The highest BCUT2D eigenvalue weighted by Gasteiger charge is 2.60. The summed E-state index contributed by atoms with van der Waals surface area (Å²) in [6.45, 7) is 5.84. The molecule has 3 fully saturated rings. The molecule has 2 aromatic rings. The fraction of sp³-hybridized carbons (Fsp3) is 0.643. The average Bonchev–Trinajstić information content (AvgIpc) is 3.34. The molecular weight excluding hydrogens is 412 g/mol. The van der Waals surface area contributed by atoms with Crippen molar-refractivity contribution < 1.29 is 4.79 Å². The van der Waals surface area contributed by atoms with Gasteiger partial charge in [0.1, 0.15) is 5.78 Å². The zero-order valence-electron chi connectivity index (χ0n) is 19.5. The maximum atomic E-state index is 12.7. The molecule has 0 amide bonds. The Labute approximate surface area is 196 Å². The normalized spacial score (nSPS) is 37.9. The van der Waals surface area contributed by atoms with Crippen LogP contribution in [-0.4, -0.2) is 17.3 Å². The Morgan fingerprint density at radius 1 is 1.03 bits per heavy atom. The Morgan fingerprint density at radius 3 is 2.72 bits per heavy atom. The molecular formula is C28H36N2OS. The molecule has 1 aromatic heterocycles. The summed E-state index contributed by atoms with van der Waals surface area (Å²) in [6.07, 6.45) is 10.4. The van der Waals surface area contributed by atoms with Crippen molar-refractivity contribution in [1.29, 1.82) is 0 Å². The summed E-state index contributed by atoms with van der Waals surface area (Å²) in [4.78, 5) is 19.3. The van der Waals surface area contributed by atoms with E-state index in [1.165, 1.54) is 36.9 Å². The van der Waals surface area contributed by atoms with Crippen LogP contribution < -0.4 is 5.32 Å². The second-order valence-corrected chi connectivity index (χ2v) is 12.5. The van der Waals surface area contributed by atoms with E-state index >= 15 is 0 Å². The molecule has 1 N–H and O–H groups in total. The largest absolute Gasteiger partial charge is 0.361 e. The molecule has 32 heavy (non-hydrogen) atoms. The van der Waals surface area contributed by atoms with Crippen molar-refractivity contribution in [2.24, 2.45) is 28.6 Å². The third-order valence-corrected chi connectivity index (χ3v) is 11.2. The van der Waals surface area contributed by atoms with Crippen LogP contribution in [0.1, 0.15) is 80.8 Å². The zero-order chi connectivity index (χ0) is 21.9. The van der Waals surface area contributed by atoms with Crippen molar-refractivity contribution in [3.8, 4) is 0 Å². The Morgan fingerprint density at radius 2 is 1.88 bits per heavy atom.